The molecule has 2 aliphatic heterocycles. The molecule has 1 amide bonds. The maximum absolute atomic E-state index is 12.2. The van der Waals surface area contributed by atoms with E-state index in [1.165, 1.54) is 0 Å². The first-order chi connectivity index (χ1) is 12.3. The molecule has 0 bridgehead atoms. The molecule has 3 rings (SSSR count). The molecular weight excluding hydrogens is 320 g/mol. The number of ether oxygens (including phenoxy) is 1. The van der Waals surface area contributed by atoms with Gasteiger partial charge in [-0.2, -0.15) is 0 Å². The Hall–Kier alpha value is -2.02. The molecule has 25 heavy (non-hydrogen) atoms. The molecule has 138 valence electrons. The van der Waals surface area contributed by atoms with Gasteiger partial charge < -0.3 is 24.7 Å². The summed E-state index contributed by atoms with van der Waals surface area (Å²) in [5.41, 5.74) is 0. The maximum Gasteiger partial charge on any atom is 0.244 e. The third-order valence-electron chi connectivity index (χ3n) is 4.60. The van der Waals surface area contributed by atoms with Gasteiger partial charge in [-0.05, 0) is 37.8 Å². The number of nitrogens with one attached hydrogen (secondary N) is 2. The van der Waals surface area contributed by atoms with Gasteiger partial charge in [-0.3, -0.25) is 4.79 Å². The van der Waals surface area contributed by atoms with Crippen LogP contribution in [-0.2, 0) is 16.0 Å². The molecule has 1 unspecified atom stereocenters. The van der Waals surface area contributed by atoms with Gasteiger partial charge in [-0.1, -0.05) is 0 Å². The van der Waals surface area contributed by atoms with Crippen molar-refractivity contribution in [2.45, 2.75) is 38.2 Å². The molecule has 2 saturated heterocycles. The molecule has 3 heterocycles. The van der Waals surface area contributed by atoms with Gasteiger partial charge in [0.05, 0.1) is 12.4 Å². The topological polar surface area (TPSA) is 79.1 Å². The minimum Gasteiger partial charge on any atom is -0.469 e. The maximum atomic E-state index is 12.2. The number of furan rings is 1. The van der Waals surface area contributed by atoms with E-state index in [1.807, 2.05) is 17.0 Å². The number of guanidine groups is 1. The predicted octanol–water partition coefficient (Wildman–Crippen LogP) is 1.16. The second-order valence-electron chi connectivity index (χ2n) is 6.52. The van der Waals surface area contributed by atoms with E-state index in [-0.39, 0.29) is 18.6 Å². The molecule has 2 aliphatic rings. The highest BCUT2D eigenvalue weighted by atomic mass is 16.5. The predicted molar refractivity (Wildman–Crippen MR) is 95.5 cm³/mol. The van der Waals surface area contributed by atoms with E-state index in [0.29, 0.717) is 19.0 Å². The van der Waals surface area contributed by atoms with Crippen LogP contribution in [-0.4, -0.2) is 62.2 Å². The van der Waals surface area contributed by atoms with E-state index in [0.717, 1.165) is 57.6 Å². The molecule has 0 saturated carbocycles. The smallest absolute Gasteiger partial charge is 0.244 e. The van der Waals surface area contributed by atoms with Gasteiger partial charge in [0, 0.05) is 39.2 Å². The summed E-state index contributed by atoms with van der Waals surface area (Å²) in [6.07, 6.45) is 7.05. The first kappa shape index (κ1) is 17.8. The first-order valence-corrected chi connectivity index (χ1v) is 9.25. The van der Waals surface area contributed by atoms with Crippen LogP contribution >= 0.6 is 0 Å². The molecule has 1 atom stereocenters. The minimum atomic E-state index is 0.0988. The first-order valence-electron chi connectivity index (χ1n) is 9.25. The van der Waals surface area contributed by atoms with Crippen LogP contribution < -0.4 is 10.6 Å². The van der Waals surface area contributed by atoms with Crippen molar-refractivity contribution in [3.05, 3.63) is 24.2 Å². The molecular formula is C18H28N4O3. The zero-order valence-electron chi connectivity index (χ0n) is 14.7. The molecule has 0 spiro atoms. The fourth-order valence-corrected chi connectivity index (χ4v) is 3.16. The van der Waals surface area contributed by atoms with Crippen molar-refractivity contribution >= 4 is 11.9 Å². The molecule has 0 radical (unpaired) electrons. The van der Waals surface area contributed by atoms with Gasteiger partial charge >= 0.3 is 0 Å². The summed E-state index contributed by atoms with van der Waals surface area (Å²) in [7, 11) is 0. The lowest BCUT2D eigenvalue weighted by molar-refractivity contribution is -0.128. The fourth-order valence-electron chi connectivity index (χ4n) is 3.16. The van der Waals surface area contributed by atoms with Crippen LogP contribution in [0.25, 0.3) is 0 Å². The SMILES string of the molecule is O=C(CN=C(NCCc1ccco1)NCC1CCCO1)N1CCCC1. The van der Waals surface area contributed by atoms with E-state index in [1.54, 1.807) is 6.26 Å². The summed E-state index contributed by atoms with van der Waals surface area (Å²) in [5, 5.41) is 6.58. The number of likely N-dealkylation sites (tertiary alicyclic amines) is 1. The van der Waals surface area contributed by atoms with Crippen molar-refractivity contribution in [2.24, 2.45) is 4.99 Å². The van der Waals surface area contributed by atoms with Crippen LogP contribution in [0.15, 0.2) is 27.8 Å². The van der Waals surface area contributed by atoms with Gasteiger partial charge in [-0.15, -0.1) is 0 Å². The van der Waals surface area contributed by atoms with Crippen LogP contribution in [0.4, 0.5) is 0 Å². The monoisotopic (exact) mass is 348 g/mol. The summed E-state index contributed by atoms with van der Waals surface area (Å²) >= 11 is 0. The lowest BCUT2D eigenvalue weighted by Gasteiger charge is -2.17. The molecule has 0 aliphatic carbocycles. The molecule has 2 fully saturated rings. The van der Waals surface area contributed by atoms with Gasteiger partial charge in [-0.25, -0.2) is 4.99 Å². The summed E-state index contributed by atoms with van der Waals surface area (Å²) in [6.45, 7) is 4.14. The van der Waals surface area contributed by atoms with Gasteiger partial charge in [0.1, 0.15) is 12.3 Å². The van der Waals surface area contributed by atoms with Crippen molar-refractivity contribution in [1.29, 1.82) is 0 Å². The number of rotatable bonds is 7. The molecule has 2 N–H and O–H groups in total. The Labute approximate surface area is 148 Å². The Morgan fingerprint density at radius 1 is 1.28 bits per heavy atom. The molecule has 1 aromatic rings. The number of aliphatic imine (C=N–C) groups is 1. The number of carbonyl (C=O) groups excluding carboxylic acids is 1. The summed E-state index contributed by atoms with van der Waals surface area (Å²) < 4.78 is 11.0. The highest BCUT2D eigenvalue weighted by molar-refractivity contribution is 5.85. The second-order valence-corrected chi connectivity index (χ2v) is 6.52. The lowest BCUT2D eigenvalue weighted by atomic mass is 10.2. The van der Waals surface area contributed by atoms with E-state index in [4.69, 9.17) is 9.15 Å². The van der Waals surface area contributed by atoms with E-state index >= 15 is 0 Å². The summed E-state index contributed by atoms with van der Waals surface area (Å²) in [4.78, 5) is 18.6. The second kappa shape index (κ2) is 9.46. The third-order valence-corrected chi connectivity index (χ3v) is 4.60. The van der Waals surface area contributed by atoms with Crippen LogP contribution in [0.5, 0.6) is 0 Å². The van der Waals surface area contributed by atoms with Crippen molar-refractivity contribution in [3.63, 3.8) is 0 Å². The van der Waals surface area contributed by atoms with Crippen molar-refractivity contribution in [1.82, 2.24) is 15.5 Å². The number of hydrogen-bond acceptors (Lipinski definition) is 4. The normalized spacial score (nSPS) is 20.9. The van der Waals surface area contributed by atoms with Gasteiger partial charge in [0.15, 0.2) is 5.96 Å². The zero-order chi connectivity index (χ0) is 17.3. The number of nitrogens with zero attached hydrogens (tertiary/aromatic N) is 2. The van der Waals surface area contributed by atoms with Gasteiger partial charge in [0.25, 0.3) is 0 Å². The molecule has 7 heteroatoms. The number of amides is 1. The Kier molecular flexibility index (Phi) is 6.73. The van der Waals surface area contributed by atoms with Crippen molar-refractivity contribution in [2.75, 3.05) is 39.3 Å². The Balaban J connectivity index is 1.48. The van der Waals surface area contributed by atoms with Crippen molar-refractivity contribution < 1.29 is 13.9 Å². The summed E-state index contributed by atoms with van der Waals surface area (Å²) in [6, 6.07) is 3.84. The minimum absolute atomic E-state index is 0.0988. The van der Waals surface area contributed by atoms with Gasteiger partial charge in [0.2, 0.25) is 5.91 Å². The highest BCUT2D eigenvalue weighted by Gasteiger charge is 2.18. The Morgan fingerprint density at radius 3 is 2.88 bits per heavy atom. The van der Waals surface area contributed by atoms with E-state index in [2.05, 4.69) is 15.6 Å². The highest BCUT2D eigenvalue weighted by Crippen LogP contribution is 2.10. The van der Waals surface area contributed by atoms with Crippen LogP contribution in [0.1, 0.15) is 31.4 Å². The quantitative estimate of drug-likeness (QED) is 0.571. The molecule has 0 aromatic carbocycles. The molecule has 7 nitrogen and oxygen atoms in total. The lowest BCUT2D eigenvalue weighted by Crippen LogP contribution is -2.42. The third kappa shape index (κ3) is 5.77. The Bertz CT molecular complexity index is 547. The fraction of sp³-hybridized carbons (Fsp3) is 0.667. The number of carbonyl (C=O) groups is 1. The standard InChI is InChI=1S/C18H28N4O3/c23-17(22-9-1-2-10-22)14-21-18(20-13-16-6-4-12-25-16)19-8-7-15-5-3-11-24-15/h3,5,11,16H,1-2,4,6-10,12-14H2,(H2,19,20,21). The van der Waals surface area contributed by atoms with Crippen LogP contribution in [0.2, 0.25) is 0 Å². The molecule has 1 aromatic heterocycles. The number of hydrogen-bond donors (Lipinski definition) is 2. The Morgan fingerprint density at radius 2 is 2.16 bits per heavy atom. The van der Waals surface area contributed by atoms with E-state index < -0.39 is 0 Å². The zero-order valence-corrected chi connectivity index (χ0v) is 14.7. The van der Waals surface area contributed by atoms with Crippen LogP contribution in [0.3, 0.4) is 0 Å². The summed E-state index contributed by atoms with van der Waals surface area (Å²) in [5.74, 6) is 1.69. The average molecular weight is 348 g/mol. The largest absolute Gasteiger partial charge is 0.469 e. The van der Waals surface area contributed by atoms with Crippen molar-refractivity contribution in [3.8, 4) is 0 Å². The van der Waals surface area contributed by atoms with E-state index in [9.17, 15) is 4.79 Å². The average Bonchev–Trinajstić information content (AvgIpc) is 3.39. The van der Waals surface area contributed by atoms with Crippen LogP contribution in [0, 0.1) is 0 Å².